The first-order chi connectivity index (χ1) is 14.9. The van der Waals surface area contributed by atoms with Gasteiger partial charge in [-0.15, -0.1) is 11.3 Å². The van der Waals surface area contributed by atoms with Gasteiger partial charge in [0.15, 0.2) is 0 Å². The fraction of sp³-hybridized carbons (Fsp3) is 0.417. The van der Waals surface area contributed by atoms with Crippen LogP contribution in [0.4, 0.5) is 0 Å². The Balaban J connectivity index is 2.10. The van der Waals surface area contributed by atoms with Crippen LogP contribution in [0.3, 0.4) is 0 Å². The number of likely N-dealkylation sites (tertiary alicyclic amines) is 1. The van der Waals surface area contributed by atoms with Crippen LogP contribution in [0.1, 0.15) is 55.2 Å². The number of nitrogens with zero attached hydrogens (tertiary/aromatic N) is 1. The second-order valence-electron chi connectivity index (χ2n) is 7.69. The second kappa shape index (κ2) is 10.1. The molecule has 1 aliphatic heterocycles. The van der Waals surface area contributed by atoms with Gasteiger partial charge < -0.3 is 19.5 Å². The van der Waals surface area contributed by atoms with Crippen molar-refractivity contribution < 1.29 is 24.2 Å². The Morgan fingerprint density at radius 1 is 1.26 bits per heavy atom. The van der Waals surface area contributed by atoms with Gasteiger partial charge in [-0.2, -0.15) is 0 Å². The molecular weight excluding hydrogens is 414 g/mol. The third kappa shape index (κ3) is 4.67. The van der Waals surface area contributed by atoms with Crippen LogP contribution < -0.4 is 4.74 Å². The Labute approximate surface area is 187 Å². The van der Waals surface area contributed by atoms with E-state index in [2.05, 4.69) is 0 Å². The van der Waals surface area contributed by atoms with E-state index in [0.29, 0.717) is 31.7 Å². The number of benzene rings is 1. The zero-order valence-corrected chi connectivity index (χ0v) is 19.2. The SMILES string of the molecule is CCOc1ccc(/C(O)=C2/C(=O)C(=O)N(CCCOC)C2c2cccs2)cc1C(C)C. The molecule has 1 fully saturated rings. The van der Waals surface area contributed by atoms with Crippen molar-refractivity contribution in [1.82, 2.24) is 4.90 Å². The van der Waals surface area contributed by atoms with E-state index in [-0.39, 0.29) is 17.3 Å². The Kier molecular flexibility index (Phi) is 7.51. The Morgan fingerprint density at radius 3 is 2.65 bits per heavy atom. The minimum absolute atomic E-state index is 0.128. The van der Waals surface area contributed by atoms with Crippen molar-refractivity contribution in [1.29, 1.82) is 0 Å². The van der Waals surface area contributed by atoms with Crippen LogP contribution in [0.25, 0.3) is 5.76 Å². The van der Waals surface area contributed by atoms with Gasteiger partial charge in [-0.05, 0) is 54.5 Å². The summed E-state index contributed by atoms with van der Waals surface area (Å²) in [6.45, 7) is 7.40. The smallest absolute Gasteiger partial charge is 0.295 e. The van der Waals surface area contributed by atoms with Gasteiger partial charge in [0.2, 0.25) is 0 Å². The largest absolute Gasteiger partial charge is 0.507 e. The highest BCUT2D eigenvalue weighted by Gasteiger charge is 2.46. The molecule has 1 atom stereocenters. The fourth-order valence-electron chi connectivity index (χ4n) is 3.82. The van der Waals surface area contributed by atoms with E-state index in [9.17, 15) is 14.7 Å². The monoisotopic (exact) mass is 443 g/mol. The number of carbonyl (C=O) groups is 2. The number of hydrogen-bond acceptors (Lipinski definition) is 6. The molecule has 0 radical (unpaired) electrons. The summed E-state index contributed by atoms with van der Waals surface area (Å²) in [6, 6.07) is 8.54. The normalized spacial score (nSPS) is 18.2. The summed E-state index contributed by atoms with van der Waals surface area (Å²) in [6.07, 6.45) is 0.603. The molecule has 2 aromatic rings. The molecule has 0 saturated carbocycles. The second-order valence-corrected chi connectivity index (χ2v) is 8.67. The molecule has 1 saturated heterocycles. The Hall–Kier alpha value is -2.64. The lowest BCUT2D eigenvalue weighted by molar-refractivity contribution is -0.140. The maximum Gasteiger partial charge on any atom is 0.295 e. The number of thiophene rings is 1. The number of carbonyl (C=O) groups excluding carboxylic acids is 2. The summed E-state index contributed by atoms with van der Waals surface area (Å²) in [5.74, 6) is -0.488. The third-order valence-electron chi connectivity index (χ3n) is 5.31. The first-order valence-electron chi connectivity index (χ1n) is 10.5. The standard InChI is InChI=1S/C24H29NO5S/c1-5-30-18-10-9-16(14-17(18)15(2)3)22(26)20-21(19-8-6-13-31-19)25(11-7-12-29-4)24(28)23(20)27/h6,8-10,13-15,21,26H,5,7,11-12H2,1-4H3/b22-20-. The molecule has 31 heavy (non-hydrogen) atoms. The molecule has 7 heteroatoms. The van der Waals surface area contributed by atoms with E-state index in [0.717, 1.165) is 16.2 Å². The maximum atomic E-state index is 13.0. The quantitative estimate of drug-likeness (QED) is 0.262. The van der Waals surface area contributed by atoms with Gasteiger partial charge >= 0.3 is 0 Å². The van der Waals surface area contributed by atoms with Gasteiger partial charge in [0.05, 0.1) is 18.2 Å². The van der Waals surface area contributed by atoms with E-state index in [1.54, 1.807) is 13.2 Å². The lowest BCUT2D eigenvalue weighted by atomic mass is 9.95. The predicted octanol–water partition coefficient (Wildman–Crippen LogP) is 4.73. The molecule has 0 bridgehead atoms. The van der Waals surface area contributed by atoms with Crippen LogP contribution in [0.5, 0.6) is 5.75 Å². The molecule has 2 heterocycles. The molecule has 0 aliphatic carbocycles. The highest BCUT2D eigenvalue weighted by atomic mass is 32.1. The van der Waals surface area contributed by atoms with Crippen LogP contribution in [0, 0.1) is 0 Å². The van der Waals surface area contributed by atoms with E-state index < -0.39 is 17.7 Å². The number of rotatable bonds is 9. The molecule has 166 valence electrons. The van der Waals surface area contributed by atoms with E-state index >= 15 is 0 Å². The molecule has 1 unspecified atom stereocenters. The molecule has 3 rings (SSSR count). The molecular formula is C24H29NO5S. The van der Waals surface area contributed by atoms with E-state index in [4.69, 9.17) is 9.47 Å². The first kappa shape index (κ1) is 23.0. The van der Waals surface area contributed by atoms with Crippen molar-refractivity contribution >= 4 is 28.8 Å². The molecule has 1 aromatic carbocycles. The highest BCUT2D eigenvalue weighted by molar-refractivity contribution is 7.10. The summed E-state index contributed by atoms with van der Waals surface area (Å²) in [4.78, 5) is 28.2. The minimum Gasteiger partial charge on any atom is -0.507 e. The van der Waals surface area contributed by atoms with Crippen molar-refractivity contribution in [3.63, 3.8) is 0 Å². The predicted molar refractivity (Wildman–Crippen MR) is 122 cm³/mol. The summed E-state index contributed by atoms with van der Waals surface area (Å²) < 4.78 is 10.8. The van der Waals surface area contributed by atoms with Gasteiger partial charge in [0.25, 0.3) is 11.7 Å². The average Bonchev–Trinajstić information content (AvgIpc) is 3.36. The number of aliphatic hydroxyl groups excluding tert-OH is 1. The minimum atomic E-state index is -0.659. The zero-order valence-electron chi connectivity index (χ0n) is 18.4. The van der Waals surface area contributed by atoms with Crippen LogP contribution in [-0.2, 0) is 14.3 Å². The molecule has 1 amide bonds. The highest BCUT2D eigenvalue weighted by Crippen LogP contribution is 2.41. The summed E-state index contributed by atoms with van der Waals surface area (Å²) in [5, 5.41) is 13.1. The van der Waals surface area contributed by atoms with Gasteiger partial charge in [-0.3, -0.25) is 9.59 Å². The number of aliphatic hydroxyl groups is 1. The van der Waals surface area contributed by atoms with Crippen LogP contribution in [0.2, 0.25) is 0 Å². The number of ketones is 1. The van der Waals surface area contributed by atoms with Crippen molar-refractivity contribution in [2.24, 2.45) is 0 Å². The molecule has 1 N–H and O–H groups in total. The molecule has 0 spiro atoms. The van der Waals surface area contributed by atoms with Crippen LogP contribution in [0.15, 0.2) is 41.3 Å². The molecule has 1 aliphatic rings. The first-order valence-corrected chi connectivity index (χ1v) is 11.4. The van der Waals surface area contributed by atoms with Crippen LogP contribution >= 0.6 is 11.3 Å². The number of Topliss-reactive ketones (excluding diaryl/α,β-unsaturated/α-hetero) is 1. The van der Waals surface area contributed by atoms with E-state index in [1.807, 2.05) is 50.4 Å². The number of hydrogen-bond donors (Lipinski definition) is 1. The lowest BCUT2D eigenvalue weighted by Crippen LogP contribution is -2.31. The maximum absolute atomic E-state index is 13.0. The van der Waals surface area contributed by atoms with Crippen molar-refractivity contribution in [2.45, 2.75) is 39.2 Å². The Bertz CT molecular complexity index is 964. The third-order valence-corrected chi connectivity index (χ3v) is 6.23. The van der Waals surface area contributed by atoms with Crippen molar-refractivity contribution in [2.75, 3.05) is 26.9 Å². The molecule has 1 aromatic heterocycles. The van der Waals surface area contributed by atoms with Crippen LogP contribution in [-0.4, -0.2) is 48.6 Å². The average molecular weight is 444 g/mol. The Morgan fingerprint density at radius 2 is 2.03 bits per heavy atom. The van der Waals surface area contributed by atoms with Gasteiger partial charge in [0.1, 0.15) is 11.5 Å². The lowest BCUT2D eigenvalue weighted by Gasteiger charge is -2.24. The van der Waals surface area contributed by atoms with Crippen molar-refractivity contribution in [3.8, 4) is 5.75 Å². The topological polar surface area (TPSA) is 76.1 Å². The van der Waals surface area contributed by atoms with E-state index in [1.165, 1.54) is 16.2 Å². The van der Waals surface area contributed by atoms with Gasteiger partial charge in [-0.1, -0.05) is 19.9 Å². The number of methoxy groups -OCH3 is 1. The fourth-order valence-corrected chi connectivity index (χ4v) is 4.67. The number of ether oxygens (including phenoxy) is 2. The molecule has 6 nitrogen and oxygen atoms in total. The summed E-state index contributed by atoms with van der Waals surface area (Å²) >= 11 is 1.46. The summed E-state index contributed by atoms with van der Waals surface area (Å²) in [5.41, 5.74) is 1.57. The van der Waals surface area contributed by atoms with Gasteiger partial charge in [-0.25, -0.2) is 0 Å². The zero-order chi connectivity index (χ0) is 22.5. The van der Waals surface area contributed by atoms with Crippen molar-refractivity contribution in [3.05, 3.63) is 57.3 Å². The number of amides is 1. The van der Waals surface area contributed by atoms with Gasteiger partial charge in [0, 0.05) is 30.7 Å². The summed E-state index contributed by atoms with van der Waals surface area (Å²) in [7, 11) is 1.60.